The molecular formula is C46H52N8O6S2. The first kappa shape index (κ1) is 43.0. The third kappa shape index (κ3) is 10.3. The lowest BCUT2D eigenvalue weighted by Crippen LogP contribution is -2.44. The molecule has 2 saturated heterocycles. The Morgan fingerprint density at radius 1 is 0.726 bits per heavy atom. The van der Waals surface area contributed by atoms with Crippen LogP contribution in [0.1, 0.15) is 73.4 Å². The van der Waals surface area contributed by atoms with Crippen molar-refractivity contribution >= 4 is 40.6 Å². The van der Waals surface area contributed by atoms with Gasteiger partial charge in [-0.2, -0.15) is 22.7 Å². The first-order valence-corrected chi connectivity index (χ1v) is 22.9. The molecule has 0 aliphatic carbocycles. The van der Waals surface area contributed by atoms with Crippen molar-refractivity contribution in [3.8, 4) is 33.6 Å². The van der Waals surface area contributed by atoms with Gasteiger partial charge in [0, 0.05) is 45.1 Å². The molecule has 0 radical (unpaired) electrons. The smallest absolute Gasteiger partial charge is 0.407 e. The first-order chi connectivity index (χ1) is 30.2. The highest BCUT2D eigenvalue weighted by Gasteiger charge is 2.35. The van der Waals surface area contributed by atoms with Crippen LogP contribution < -0.4 is 10.6 Å². The summed E-state index contributed by atoms with van der Waals surface area (Å²) in [5, 5.41) is 24.1. The van der Waals surface area contributed by atoms with Crippen LogP contribution in [0, 0.1) is 0 Å². The first-order valence-electron chi connectivity index (χ1n) is 21.0. The second kappa shape index (κ2) is 20.0. The Labute approximate surface area is 368 Å². The molecule has 4 aromatic heterocycles. The number of hydrogen-bond donors (Lipinski definition) is 5. The van der Waals surface area contributed by atoms with Gasteiger partial charge in [-0.15, -0.1) is 0 Å². The Bertz CT molecular complexity index is 2380. The maximum absolute atomic E-state index is 13.7. The number of carbonyl (C=O) groups is 3. The molecule has 8 rings (SSSR count). The third-order valence-electron chi connectivity index (χ3n) is 11.8. The minimum Gasteiger partial charge on any atom is -0.453 e. The number of thiophene rings is 2. The highest BCUT2D eigenvalue weighted by molar-refractivity contribution is 7.08. The fourth-order valence-corrected chi connectivity index (χ4v) is 9.95. The number of nitrogens with one attached hydrogen (secondary N) is 4. The highest BCUT2D eigenvalue weighted by Crippen LogP contribution is 2.35. The molecule has 2 aliphatic heterocycles. The van der Waals surface area contributed by atoms with Crippen LogP contribution in [0.3, 0.4) is 0 Å². The van der Waals surface area contributed by atoms with Gasteiger partial charge in [0.15, 0.2) is 0 Å². The van der Waals surface area contributed by atoms with Gasteiger partial charge >= 0.3 is 6.09 Å². The van der Waals surface area contributed by atoms with Gasteiger partial charge in [-0.3, -0.25) is 14.9 Å². The van der Waals surface area contributed by atoms with E-state index in [0.29, 0.717) is 25.9 Å². The van der Waals surface area contributed by atoms with Crippen LogP contribution in [0.25, 0.3) is 33.6 Å². The number of likely N-dealkylation sites (tertiary alicyclic amines) is 2. The standard InChI is InChI=1S/C46H52N8O6S2/c1-59-45(57)49-35(21-29-15-19-61-27-29)23-41(55)53-17-3-5-39(53)43-47-25-37(51-43)33-11-7-31(8-12-33)32-9-13-34(14-10-32)38-26-48-44(52-38)40-6-4-18-54(40)42(56)24-36(50-46(58)60-2)22-30-16-20-62-28-30/h7-16,19-20,25-28,35-36,39-40,45,49,57H,3-6,17-18,21-24H2,1-2H3,(H,47,51)(H,48,52)(H,50,58)/t35-,36-,39+,40+,45?/m1/s1. The Kier molecular flexibility index (Phi) is 13.9. The number of alkyl carbamates (subject to hydrolysis) is 1. The number of nitrogens with zero attached hydrogens (tertiary/aromatic N) is 4. The number of rotatable bonds is 17. The summed E-state index contributed by atoms with van der Waals surface area (Å²) < 4.78 is 9.87. The Balaban J connectivity index is 0.880. The molecule has 6 aromatic rings. The minimum absolute atomic E-state index is 0.0130. The van der Waals surface area contributed by atoms with E-state index in [1.54, 1.807) is 22.7 Å². The van der Waals surface area contributed by atoms with E-state index in [-0.39, 0.29) is 48.8 Å². The molecule has 5 N–H and O–H groups in total. The zero-order valence-corrected chi connectivity index (χ0v) is 36.4. The second-order valence-electron chi connectivity index (χ2n) is 15.9. The fraction of sp³-hybridized carbons (Fsp3) is 0.370. The molecule has 0 bridgehead atoms. The number of benzene rings is 2. The van der Waals surface area contributed by atoms with Crippen molar-refractivity contribution in [2.75, 3.05) is 27.3 Å². The normalized spacial score (nSPS) is 17.9. The molecule has 5 atom stereocenters. The Morgan fingerprint density at radius 3 is 1.65 bits per heavy atom. The number of imidazole rings is 2. The molecule has 2 aliphatic rings. The van der Waals surface area contributed by atoms with E-state index in [1.807, 2.05) is 50.5 Å². The van der Waals surface area contributed by atoms with Gasteiger partial charge in [0.25, 0.3) is 0 Å². The third-order valence-corrected chi connectivity index (χ3v) is 13.2. The van der Waals surface area contributed by atoms with Crippen molar-refractivity contribution in [3.05, 3.63) is 117 Å². The molecule has 0 saturated carbocycles. The quantitative estimate of drug-likeness (QED) is 0.0583. The summed E-state index contributed by atoms with van der Waals surface area (Å²) in [6, 6.07) is 19.7. The molecule has 14 nitrogen and oxygen atoms in total. The number of aromatic nitrogens is 4. The van der Waals surface area contributed by atoms with Crippen LogP contribution in [0.4, 0.5) is 4.79 Å². The lowest BCUT2D eigenvalue weighted by molar-refractivity contribution is -0.135. The topological polar surface area (TPSA) is 178 Å². The van der Waals surface area contributed by atoms with Gasteiger partial charge in [0.2, 0.25) is 18.2 Å². The summed E-state index contributed by atoms with van der Waals surface area (Å²) in [6.07, 6.45) is 6.90. The van der Waals surface area contributed by atoms with E-state index in [2.05, 4.69) is 74.5 Å². The molecule has 2 fully saturated rings. The molecule has 16 heteroatoms. The SMILES string of the molecule is COC(=O)N[C@@H](CC(=O)N1CCC[C@H]1c1ncc(-c2ccc(-c3ccc(-c4cnc([C@@H]5CCCN5C(=O)C[C@@H](Cc5ccsc5)NC(O)OC)[nH]4)cc3)cc2)[nH]1)Cc1ccsc1. The number of amides is 3. The predicted molar refractivity (Wildman–Crippen MR) is 239 cm³/mol. The Hall–Kier alpha value is -5.65. The zero-order chi connectivity index (χ0) is 43.0. The van der Waals surface area contributed by atoms with Crippen LogP contribution in [-0.4, -0.2) is 98.6 Å². The number of methoxy groups -OCH3 is 2. The lowest BCUT2D eigenvalue weighted by atomic mass is 10.0. The summed E-state index contributed by atoms with van der Waals surface area (Å²) in [4.78, 5) is 59.6. The minimum atomic E-state index is -1.16. The number of aromatic amines is 2. The summed E-state index contributed by atoms with van der Waals surface area (Å²) in [7, 11) is 2.75. The van der Waals surface area contributed by atoms with Crippen LogP contribution in [0.5, 0.6) is 0 Å². The van der Waals surface area contributed by atoms with Gasteiger partial charge in [0.1, 0.15) is 11.6 Å². The van der Waals surface area contributed by atoms with E-state index in [0.717, 1.165) is 82.1 Å². The molecule has 62 heavy (non-hydrogen) atoms. The van der Waals surface area contributed by atoms with Crippen molar-refractivity contribution in [1.82, 2.24) is 40.4 Å². The number of hydrogen-bond acceptors (Lipinski definition) is 11. The van der Waals surface area contributed by atoms with Crippen LogP contribution >= 0.6 is 22.7 Å². The largest absolute Gasteiger partial charge is 0.453 e. The lowest BCUT2D eigenvalue weighted by Gasteiger charge is -2.27. The number of carbonyl (C=O) groups excluding carboxylic acids is 3. The van der Waals surface area contributed by atoms with Gasteiger partial charge in [-0.1, -0.05) is 48.5 Å². The summed E-state index contributed by atoms with van der Waals surface area (Å²) in [5.41, 5.74) is 8.06. The maximum atomic E-state index is 13.7. The zero-order valence-electron chi connectivity index (χ0n) is 34.8. The van der Waals surface area contributed by atoms with Crippen molar-refractivity contribution in [2.24, 2.45) is 0 Å². The maximum Gasteiger partial charge on any atom is 0.407 e. The predicted octanol–water partition coefficient (Wildman–Crippen LogP) is 7.45. The van der Waals surface area contributed by atoms with Gasteiger partial charge in [0.05, 0.1) is 43.0 Å². The average Bonchev–Trinajstić information content (AvgIpc) is 4.14. The van der Waals surface area contributed by atoms with E-state index in [4.69, 9.17) is 19.4 Å². The number of H-pyrrole nitrogens is 2. The van der Waals surface area contributed by atoms with Crippen LogP contribution in [-0.2, 0) is 31.9 Å². The van der Waals surface area contributed by atoms with Crippen molar-refractivity contribution < 1.29 is 29.0 Å². The van der Waals surface area contributed by atoms with Crippen molar-refractivity contribution in [1.29, 1.82) is 0 Å². The second-order valence-corrected chi connectivity index (χ2v) is 17.4. The van der Waals surface area contributed by atoms with E-state index in [9.17, 15) is 19.5 Å². The monoisotopic (exact) mass is 876 g/mol. The summed E-state index contributed by atoms with van der Waals surface area (Å²) >= 11 is 3.19. The molecular weight excluding hydrogens is 825 g/mol. The molecule has 3 amide bonds. The van der Waals surface area contributed by atoms with E-state index in [1.165, 1.54) is 14.2 Å². The number of ether oxygens (including phenoxy) is 2. The van der Waals surface area contributed by atoms with Crippen molar-refractivity contribution in [2.45, 2.75) is 81.9 Å². The van der Waals surface area contributed by atoms with Crippen LogP contribution in [0.2, 0.25) is 0 Å². The van der Waals surface area contributed by atoms with Crippen LogP contribution in [0.15, 0.2) is 94.6 Å². The molecule has 324 valence electrons. The summed E-state index contributed by atoms with van der Waals surface area (Å²) in [5.74, 6) is 1.51. The Morgan fingerprint density at radius 2 is 1.19 bits per heavy atom. The molecule has 1 unspecified atom stereocenters. The fourth-order valence-electron chi connectivity index (χ4n) is 8.59. The molecule has 0 spiro atoms. The number of aliphatic hydroxyl groups excluding tert-OH is 1. The molecule has 2 aromatic carbocycles. The molecule has 6 heterocycles. The van der Waals surface area contributed by atoms with Crippen molar-refractivity contribution in [3.63, 3.8) is 0 Å². The van der Waals surface area contributed by atoms with E-state index >= 15 is 0 Å². The van der Waals surface area contributed by atoms with Gasteiger partial charge in [-0.05, 0) is 106 Å². The van der Waals surface area contributed by atoms with E-state index < -0.39 is 12.5 Å². The number of aliphatic hydroxyl groups is 1. The summed E-state index contributed by atoms with van der Waals surface area (Å²) in [6.45, 7) is 1.29. The van der Waals surface area contributed by atoms with Gasteiger partial charge in [-0.25, -0.2) is 14.8 Å². The van der Waals surface area contributed by atoms with Gasteiger partial charge < -0.3 is 39.7 Å². The highest BCUT2D eigenvalue weighted by atomic mass is 32.1. The average molecular weight is 877 g/mol.